The fourth-order valence-electron chi connectivity index (χ4n) is 1.74. The average Bonchev–Trinajstić information content (AvgIpc) is 2.39. The molecule has 0 aliphatic heterocycles. The van der Waals surface area contributed by atoms with Gasteiger partial charge in [-0.15, -0.1) is 0 Å². The number of thiocarbonyl (C=S) groups is 1. The molecule has 0 saturated carbocycles. The Morgan fingerprint density at radius 2 is 1.90 bits per heavy atom. The number of nitrogens with one attached hydrogen (secondary N) is 1. The van der Waals surface area contributed by atoms with Crippen LogP contribution in [0.2, 0.25) is 0 Å². The van der Waals surface area contributed by atoms with Crippen LogP contribution in [0.1, 0.15) is 11.1 Å². The lowest BCUT2D eigenvalue weighted by atomic mass is 10.1. The molecule has 3 nitrogen and oxygen atoms in total. The third-order valence-corrected chi connectivity index (χ3v) is 3.44. The van der Waals surface area contributed by atoms with Gasteiger partial charge >= 0.3 is 0 Å². The minimum Gasteiger partial charge on any atom is -0.389 e. The topological polar surface area (TPSA) is 55.1 Å². The van der Waals surface area contributed by atoms with Crippen LogP contribution in [0.3, 0.4) is 0 Å². The molecule has 102 valence electrons. The molecule has 0 aromatic heterocycles. The van der Waals surface area contributed by atoms with E-state index in [-0.39, 0.29) is 5.91 Å². The van der Waals surface area contributed by atoms with E-state index >= 15 is 0 Å². The average molecular weight is 349 g/mol. The zero-order valence-electron chi connectivity index (χ0n) is 10.6. The maximum absolute atomic E-state index is 11.9. The van der Waals surface area contributed by atoms with Crippen LogP contribution >= 0.6 is 28.1 Å². The van der Waals surface area contributed by atoms with E-state index < -0.39 is 0 Å². The van der Waals surface area contributed by atoms with E-state index in [0.717, 1.165) is 21.3 Å². The van der Waals surface area contributed by atoms with Crippen molar-refractivity contribution >= 4 is 44.7 Å². The minimum absolute atomic E-state index is 0.0637. The van der Waals surface area contributed by atoms with Crippen molar-refractivity contribution in [1.29, 1.82) is 0 Å². The van der Waals surface area contributed by atoms with Crippen LogP contribution in [0.5, 0.6) is 0 Å². The molecule has 0 fully saturated rings. The maximum Gasteiger partial charge on any atom is 0.228 e. The predicted octanol–water partition coefficient (Wildman–Crippen LogP) is 3.26. The minimum atomic E-state index is -0.0637. The second-order valence-electron chi connectivity index (χ2n) is 4.30. The van der Waals surface area contributed by atoms with Crippen LogP contribution in [0.25, 0.3) is 0 Å². The van der Waals surface area contributed by atoms with Gasteiger partial charge in [0.1, 0.15) is 4.99 Å². The first-order valence-electron chi connectivity index (χ1n) is 5.99. The zero-order valence-corrected chi connectivity index (χ0v) is 13.0. The first-order valence-corrected chi connectivity index (χ1v) is 7.19. The summed E-state index contributed by atoms with van der Waals surface area (Å²) in [7, 11) is 0. The number of nitrogens with two attached hydrogens (primary N) is 1. The number of halogens is 1. The molecule has 2 aromatic carbocycles. The molecule has 1 amide bonds. The fraction of sp³-hybridized carbons (Fsp3) is 0.0667. The van der Waals surface area contributed by atoms with Crippen LogP contribution < -0.4 is 11.1 Å². The van der Waals surface area contributed by atoms with Gasteiger partial charge in [0.15, 0.2) is 0 Å². The van der Waals surface area contributed by atoms with Gasteiger partial charge in [-0.05, 0) is 23.8 Å². The molecular formula is C15H13BrN2OS. The third kappa shape index (κ3) is 4.15. The molecule has 0 aliphatic rings. The third-order valence-electron chi connectivity index (χ3n) is 2.71. The molecule has 5 heteroatoms. The predicted molar refractivity (Wildman–Crippen MR) is 88.8 cm³/mol. The highest BCUT2D eigenvalue weighted by molar-refractivity contribution is 9.10. The summed E-state index contributed by atoms with van der Waals surface area (Å²) in [6.07, 6.45) is 0.310. The molecule has 0 atom stereocenters. The number of benzene rings is 2. The zero-order chi connectivity index (χ0) is 14.5. The van der Waals surface area contributed by atoms with E-state index in [1.807, 2.05) is 48.5 Å². The molecule has 0 bridgehead atoms. The summed E-state index contributed by atoms with van der Waals surface area (Å²) in [6, 6.07) is 14.8. The van der Waals surface area contributed by atoms with Crippen molar-refractivity contribution in [1.82, 2.24) is 0 Å². The van der Waals surface area contributed by atoms with Crippen LogP contribution in [0.15, 0.2) is 53.0 Å². The Morgan fingerprint density at radius 3 is 2.50 bits per heavy atom. The highest BCUT2D eigenvalue weighted by atomic mass is 79.9. The molecular weight excluding hydrogens is 336 g/mol. The largest absolute Gasteiger partial charge is 0.389 e. The number of carbonyl (C=O) groups is 1. The first kappa shape index (κ1) is 14.7. The number of carbonyl (C=O) groups excluding carboxylic acids is 1. The first-order chi connectivity index (χ1) is 9.54. The van der Waals surface area contributed by atoms with Gasteiger partial charge < -0.3 is 11.1 Å². The summed E-state index contributed by atoms with van der Waals surface area (Å²) < 4.78 is 0.927. The Kier molecular flexibility index (Phi) is 4.87. The molecule has 0 heterocycles. The van der Waals surface area contributed by atoms with Crippen molar-refractivity contribution in [2.75, 3.05) is 5.32 Å². The van der Waals surface area contributed by atoms with Crippen LogP contribution in [0.4, 0.5) is 5.69 Å². The van der Waals surface area contributed by atoms with Crippen LogP contribution in [-0.2, 0) is 11.2 Å². The fourth-order valence-corrected chi connectivity index (χ4v) is 2.28. The Bertz CT molecular complexity index is 641. The van der Waals surface area contributed by atoms with Crippen molar-refractivity contribution in [3.63, 3.8) is 0 Å². The van der Waals surface area contributed by atoms with Crippen molar-refractivity contribution in [2.45, 2.75) is 6.42 Å². The van der Waals surface area contributed by atoms with E-state index in [1.165, 1.54) is 0 Å². The van der Waals surface area contributed by atoms with Gasteiger partial charge in [0.25, 0.3) is 0 Å². The summed E-state index contributed by atoms with van der Waals surface area (Å²) in [5, 5.41) is 2.85. The summed E-state index contributed by atoms with van der Waals surface area (Å²) in [4.78, 5) is 12.3. The Labute approximate surface area is 131 Å². The van der Waals surface area contributed by atoms with E-state index in [0.29, 0.717) is 11.4 Å². The standard InChI is InChI=1S/C15H13BrN2OS/c16-12-2-1-3-13(9-12)18-14(19)8-10-4-6-11(7-5-10)15(17)20/h1-7,9H,8H2,(H2,17,20)(H,18,19). The van der Waals surface area contributed by atoms with E-state index in [1.54, 1.807) is 0 Å². The summed E-state index contributed by atoms with van der Waals surface area (Å²) >= 11 is 8.25. The SMILES string of the molecule is NC(=S)c1ccc(CC(=O)Nc2cccc(Br)c2)cc1. The Balaban J connectivity index is 1.99. The Morgan fingerprint density at radius 1 is 1.20 bits per heavy atom. The summed E-state index contributed by atoms with van der Waals surface area (Å²) in [5.41, 5.74) is 8.01. The van der Waals surface area contributed by atoms with Gasteiger partial charge in [0.05, 0.1) is 6.42 Å². The molecule has 2 rings (SSSR count). The van der Waals surface area contributed by atoms with Crippen molar-refractivity contribution in [3.05, 3.63) is 64.1 Å². The summed E-state index contributed by atoms with van der Waals surface area (Å²) in [5.74, 6) is -0.0637. The van der Waals surface area contributed by atoms with Crippen molar-refractivity contribution < 1.29 is 4.79 Å². The lowest BCUT2D eigenvalue weighted by molar-refractivity contribution is -0.115. The van der Waals surface area contributed by atoms with Crippen molar-refractivity contribution in [2.24, 2.45) is 5.73 Å². The molecule has 0 radical (unpaired) electrons. The van der Waals surface area contributed by atoms with Gasteiger partial charge in [-0.25, -0.2) is 0 Å². The number of hydrogen-bond donors (Lipinski definition) is 2. The number of hydrogen-bond acceptors (Lipinski definition) is 2. The lowest BCUT2D eigenvalue weighted by Crippen LogP contribution is -2.14. The number of amides is 1. The van der Waals surface area contributed by atoms with Gasteiger partial charge in [0, 0.05) is 15.7 Å². The van der Waals surface area contributed by atoms with E-state index in [2.05, 4.69) is 21.2 Å². The van der Waals surface area contributed by atoms with Gasteiger partial charge in [-0.1, -0.05) is 58.5 Å². The molecule has 2 aromatic rings. The molecule has 3 N–H and O–H groups in total. The van der Waals surface area contributed by atoms with E-state index in [4.69, 9.17) is 18.0 Å². The molecule has 0 saturated heterocycles. The van der Waals surface area contributed by atoms with Gasteiger partial charge in [-0.2, -0.15) is 0 Å². The second kappa shape index (κ2) is 6.63. The number of anilines is 1. The number of rotatable bonds is 4. The molecule has 0 aliphatic carbocycles. The smallest absolute Gasteiger partial charge is 0.228 e. The van der Waals surface area contributed by atoms with E-state index in [9.17, 15) is 4.79 Å². The van der Waals surface area contributed by atoms with Crippen LogP contribution in [0, 0.1) is 0 Å². The molecule has 0 spiro atoms. The normalized spacial score (nSPS) is 10.1. The highest BCUT2D eigenvalue weighted by Crippen LogP contribution is 2.16. The van der Waals surface area contributed by atoms with Crippen molar-refractivity contribution in [3.8, 4) is 0 Å². The van der Waals surface area contributed by atoms with Gasteiger partial charge in [-0.3, -0.25) is 4.79 Å². The van der Waals surface area contributed by atoms with Gasteiger partial charge in [0.2, 0.25) is 5.91 Å². The van der Waals surface area contributed by atoms with Crippen LogP contribution in [-0.4, -0.2) is 10.9 Å². The highest BCUT2D eigenvalue weighted by Gasteiger charge is 2.05. The summed E-state index contributed by atoms with van der Waals surface area (Å²) in [6.45, 7) is 0. The second-order valence-corrected chi connectivity index (χ2v) is 5.65. The molecule has 0 unspecified atom stereocenters. The molecule has 20 heavy (non-hydrogen) atoms. The monoisotopic (exact) mass is 348 g/mol. The Hall–Kier alpha value is -1.72. The maximum atomic E-state index is 11.9. The quantitative estimate of drug-likeness (QED) is 0.833. The lowest BCUT2D eigenvalue weighted by Gasteiger charge is -2.06.